The Bertz CT molecular complexity index is 626. The molecule has 0 spiro atoms. The number of hydrogen-bond donors (Lipinski definition) is 2. The fourth-order valence-electron chi connectivity index (χ4n) is 4.78. The highest BCUT2D eigenvalue weighted by Crippen LogP contribution is 2.63. The Hall–Kier alpha value is -1.49. The number of carbonyl (C=O) groups excluding carboxylic acids is 2. The highest BCUT2D eigenvalue weighted by Gasteiger charge is 2.62. The molecule has 1 aromatic carbocycles. The monoisotopic (exact) mass is 332 g/mol. The summed E-state index contributed by atoms with van der Waals surface area (Å²) in [5, 5.41) is 2.99. The van der Waals surface area contributed by atoms with Crippen LogP contribution in [0.1, 0.15) is 26.7 Å². The second kappa shape index (κ2) is 5.86. The molecular weight excluding hydrogens is 308 g/mol. The number of thioether (sulfide) groups is 1. The summed E-state index contributed by atoms with van der Waals surface area (Å²) in [5.41, 5.74) is 6.42. The average Bonchev–Trinajstić information content (AvgIpc) is 2.93. The standard InChI is InChI=1S/C18H24N2O2S/c1-18(2)12-8-9-13(18)15(14(12)16(19)21)17(22)20-10-4-6-11(23-3)7-5-10/h4-7,12-15H,8-9H2,1-3H3,(H2,19,21)(H,20,22)/t12-,13+,14+,15-/m1/s1. The van der Waals surface area contributed by atoms with Crippen LogP contribution in [0.3, 0.4) is 0 Å². The van der Waals surface area contributed by atoms with Gasteiger partial charge in [0.1, 0.15) is 0 Å². The molecule has 0 aliphatic heterocycles. The first-order valence-electron chi connectivity index (χ1n) is 8.10. The summed E-state index contributed by atoms with van der Waals surface area (Å²) in [5.74, 6) is -0.583. The van der Waals surface area contributed by atoms with Crippen LogP contribution in [0.5, 0.6) is 0 Å². The van der Waals surface area contributed by atoms with Gasteiger partial charge in [-0.15, -0.1) is 11.8 Å². The number of nitrogens with one attached hydrogen (secondary N) is 1. The van der Waals surface area contributed by atoms with Crippen molar-refractivity contribution in [2.45, 2.75) is 31.6 Å². The average molecular weight is 332 g/mol. The van der Waals surface area contributed by atoms with Gasteiger partial charge in [0.2, 0.25) is 11.8 Å². The van der Waals surface area contributed by atoms with Crippen LogP contribution in [0, 0.1) is 29.1 Å². The zero-order valence-electron chi connectivity index (χ0n) is 13.8. The minimum atomic E-state index is -0.339. The number of amides is 2. The van der Waals surface area contributed by atoms with Crippen molar-refractivity contribution in [3.05, 3.63) is 24.3 Å². The zero-order chi connectivity index (χ0) is 16.8. The van der Waals surface area contributed by atoms with E-state index in [-0.39, 0.29) is 40.9 Å². The number of nitrogens with two attached hydrogens (primary N) is 1. The number of hydrogen-bond acceptors (Lipinski definition) is 3. The molecule has 0 aromatic heterocycles. The third-order valence-electron chi connectivity index (χ3n) is 5.94. The summed E-state index contributed by atoms with van der Waals surface area (Å²) in [6, 6.07) is 7.77. The van der Waals surface area contributed by atoms with Crippen LogP contribution in [-0.2, 0) is 9.59 Å². The Morgan fingerprint density at radius 3 is 2.22 bits per heavy atom. The lowest BCUT2D eigenvalue weighted by atomic mass is 9.78. The zero-order valence-corrected chi connectivity index (χ0v) is 14.7. The smallest absolute Gasteiger partial charge is 0.228 e. The van der Waals surface area contributed by atoms with E-state index in [0.717, 1.165) is 23.4 Å². The first-order valence-corrected chi connectivity index (χ1v) is 9.33. The molecule has 0 saturated heterocycles. The van der Waals surface area contributed by atoms with Gasteiger partial charge in [-0.25, -0.2) is 0 Å². The van der Waals surface area contributed by atoms with Crippen LogP contribution in [-0.4, -0.2) is 18.1 Å². The molecule has 3 N–H and O–H groups in total. The topological polar surface area (TPSA) is 72.2 Å². The highest BCUT2D eigenvalue weighted by molar-refractivity contribution is 7.98. The number of fused-ring (bicyclic) bond motifs is 2. The van der Waals surface area contributed by atoms with E-state index in [0.29, 0.717) is 0 Å². The maximum Gasteiger partial charge on any atom is 0.228 e. The van der Waals surface area contributed by atoms with Crippen LogP contribution in [0.2, 0.25) is 0 Å². The van der Waals surface area contributed by atoms with Gasteiger partial charge in [0.05, 0.1) is 11.8 Å². The number of rotatable bonds is 4. The predicted octanol–water partition coefficient (Wildman–Crippen LogP) is 3.13. The van der Waals surface area contributed by atoms with E-state index in [9.17, 15) is 9.59 Å². The van der Waals surface area contributed by atoms with Gasteiger partial charge in [-0.1, -0.05) is 13.8 Å². The summed E-state index contributed by atoms with van der Waals surface area (Å²) >= 11 is 1.66. The predicted molar refractivity (Wildman–Crippen MR) is 93.0 cm³/mol. The summed E-state index contributed by atoms with van der Waals surface area (Å²) in [7, 11) is 0. The van der Waals surface area contributed by atoms with Crippen molar-refractivity contribution in [3.63, 3.8) is 0 Å². The molecule has 2 fully saturated rings. The molecule has 2 saturated carbocycles. The maximum absolute atomic E-state index is 12.8. The Labute approximate surface area is 141 Å². The molecule has 2 bridgehead atoms. The van der Waals surface area contributed by atoms with Crippen molar-refractivity contribution < 1.29 is 9.59 Å². The molecule has 124 valence electrons. The Balaban J connectivity index is 1.81. The number of benzene rings is 1. The van der Waals surface area contributed by atoms with Gasteiger partial charge in [0.15, 0.2) is 0 Å². The molecule has 2 aliphatic rings. The molecule has 0 radical (unpaired) electrons. The highest BCUT2D eigenvalue weighted by atomic mass is 32.2. The second-order valence-corrected chi connectivity index (χ2v) is 8.16. The molecule has 2 aliphatic carbocycles. The minimum Gasteiger partial charge on any atom is -0.369 e. The first kappa shape index (κ1) is 16.4. The van der Waals surface area contributed by atoms with Gasteiger partial charge in [-0.2, -0.15) is 0 Å². The third-order valence-corrected chi connectivity index (χ3v) is 6.69. The molecular formula is C18H24N2O2S. The first-order chi connectivity index (χ1) is 10.9. The summed E-state index contributed by atoms with van der Waals surface area (Å²) in [4.78, 5) is 26.0. The summed E-state index contributed by atoms with van der Waals surface area (Å²) in [6.07, 6.45) is 4.02. The van der Waals surface area contributed by atoms with E-state index in [1.165, 1.54) is 0 Å². The number of carbonyl (C=O) groups is 2. The van der Waals surface area contributed by atoms with Gasteiger partial charge in [0.25, 0.3) is 0 Å². The Morgan fingerprint density at radius 2 is 1.70 bits per heavy atom. The van der Waals surface area contributed by atoms with Gasteiger partial charge in [-0.05, 0) is 60.6 Å². The van der Waals surface area contributed by atoms with Crippen LogP contribution in [0.25, 0.3) is 0 Å². The van der Waals surface area contributed by atoms with Crippen LogP contribution < -0.4 is 11.1 Å². The van der Waals surface area contributed by atoms with E-state index in [4.69, 9.17) is 5.73 Å². The van der Waals surface area contributed by atoms with Gasteiger partial charge in [-0.3, -0.25) is 9.59 Å². The molecule has 4 atom stereocenters. The summed E-state index contributed by atoms with van der Waals surface area (Å²) < 4.78 is 0. The molecule has 3 rings (SSSR count). The minimum absolute atomic E-state index is 0.00438. The molecule has 1 aromatic rings. The second-order valence-electron chi connectivity index (χ2n) is 7.28. The lowest BCUT2D eigenvalue weighted by Crippen LogP contribution is -2.40. The van der Waals surface area contributed by atoms with Gasteiger partial charge < -0.3 is 11.1 Å². The Kier molecular flexibility index (Phi) is 4.17. The van der Waals surface area contributed by atoms with Crippen LogP contribution >= 0.6 is 11.8 Å². The number of primary amides is 1. The lowest BCUT2D eigenvalue weighted by molar-refractivity contribution is -0.132. The van der Waals surface area contributed by atoms with Gasteiger partial charge >= 0.3 is 0 Å². The van der Waals surface area contributed by atoms with Crippen LogP contribution in [0.15, 0.2) is 29.2 Å². The molecule has 2 amide bonds. The van der Waals surface area contributed by atoms with Crippen molar-refractivity contribution in [3.8, 4) is 0 Å². The van der Waals surface area contributed by atoms with Crippen LogP contribution in [0.4, 0.5) is 5.69 Å². The Morgan fingerprint density at radius 1 is 1.13 bits per heavy atom. The lowest BCUT2D eigenvalue weighted by Gasteiger charge is -2.27. The van der Waals surface area contributed by atoms with Gasteiger partial charge in [0, 0.05) is 10.6 Å². The molecule has 0 heterocycles. The quantitative estimate of drug-likeness (QED) is 0.832. The summed E-state index contributed by atoms with van der Waals surface area (Å²) in [6.45, 7) is 4.34. The number of anilines is 1. The fraction of sp³-hybridized carbons (Fsp3) is 0.556. The normalized spacial score (nSPS) is 31.1. The van der Waals surface area contributed by atoms with E-state index >= 15 is 0 Å². The van der Waals surface area contributed by atoms with Crippen molar-refractivity contribution >= 4 is 29.3 Å². The molecule has 5 heteroatoms. The van der Waals surface area contributed by atoms with Crippen molar-refractivity contribution in [1.82, 2.24) is 0 Å². The third kappa shape index (κ3) is 2.65. The van der Waals surface area contributed by atoms with Crippen molar-refractivity contribution in [2.75, 3.05) is 11.6 Å². The fourth-order valence-corrected chi connectivity index (χ4v) is 5.19. The van der Waals surface area contributed by atoms with E-state index < -0.39 is 0 Å². The molecule has 0 unspecified atom stereocenters. The van der Waals surface area contributed by atoms with Crippen molar-refractivity contribution in [2.24, 2.45) is 34.8 Å². The molecule has 4 nitrogen and oxygen atoms in total. The maximum atomic E-state index is 12.8. The molecule has 23 heavy (non-hydrogen) atoms. The SMILES string of the molecule is CSc1ccc(NC(=O)[C@H]2[C@@H](C(N)=O)[C@H]3CC[C@@H]2C3(C)C)cc1. The van der Waals surface area contributed by atoms with E-state index in [1.807, 2.05) is 30.5 Å². The van der Waals surface area contributed by atoms with E-state index in [1.54, 1.807) is 11.8 Å². The largest absolute Gasteiger partial charge is 0.369 e. The van der Waals surface area contributed by atoms with E-state index in [2.05, 4.69) is 19.2 Å². The van der Waals surface area contributed by atoms with Crippen molar-refractivity contribution in [1.29, 1.82) is 0 Å².